The maximum atomic E-state index is 12.8. The van der Waals surface area contributed by atoms with Gasteiger partial charge < -0.3 is 20.7 Å². The highest BCUT2D eigenvalue weighted by Crippen LogP contribution is 2.29. The molecule has 0 heterocycles. The van der Waals surface area contributed by atoms with E-state index in [2.05, 4.69) is 29.8 Å². The summed E-state index contributed by atoms with van der Waals surface area (Å²) >= 11 is 0. The van der Waals surface area contributed by atoms with Crippen LogP contribution in [0, 0.1) is 11.8 Å². The molecule has 1 aliphatic rings. The Labute approximate surface area is 184 Å². The summed E-state index contributed by atoms with van der Waals surface area (Å²) in [6.45, 7) is 7.27. The van der Waals surface area contributed by atoms with Gasteiger partial charge in [0.2, 0.25) is 5.91 Å². The first-order valence-corrected chi connectivity index (χ1v) is 11.1. The first-order chi connectivity index (χ1) is 15.0. The second kappa shape index (κ2) is 11.0. The van der Waals surface area contributed by atoms with E-state index < -0.39 is 0 Å². The molecule has 3 unspecified atom stereocenters. The van der Waals surface area contributed by atoms with Crippen molar-refractivity contribution >= 4 is 23.2 Å². The van der Waals surface area contributed by atoms with Crippen molar-refractivity contribution in [1.82, 2.24) is 5.32 Å². The summed E-state index contributed by atoms with van der Waals surface area (Å²) in [5.41, 5.74) is 1.59. The van der Waals surface area contributed by atoms with Crippen LogP contribution in [0.25, 0.3) is 0 Å². The topological polar surface area (TPSA) is 79.5 Å². The van der Waals surface area contributed by atoms with Crippen molar-refractivity contribution in [1.29, 1.82) is 0 Å². The molecule has 6 nitrogen and oxygen atoms in total. The Morgan fingerprint density at radius 3 is 2.48 bits per heavy atom. The van der Waals surface area contributed by atoms with Crippen molar-refractivity contribution in [2.24, 2.45) is 11.8 Å². The number of nitrogens with one attached hydrogen (secondary N) is 3. The summed E-state index contributed by atoms with van der Waals surface area (Å²) in [4.78, 5) is 25.4. The average molecular weight is 424 g/mol. The van der Waals surface area contributed by atoms with Gasteiger partial charge in [0.05, 0.1) is 24.4 Å². The largest absolute Gasteiger partial charge is 0.494 e. The molecule has 2 amide bonds. The van der Waals surface area contributed by atoms with Crippen molar-refractivity contribution in [3.05, 3.63) is 54.1 Å². The highest BCUT2D eigenvalue weighted by atomic mass is 16.5. The minimum Gasteiger partial charge on any atom is -0.494 e. The Morgan fingerprint density at radius 1 is 1.00 bits per heavy atom. The number of hydrogen-bond donors (Lipinski definition) is 3. The Balaban J connectivity index is 1.59. The van der Waals surface area contributed by atoms with Gasteiger partial charge in [0.1, 0.15) is 5.75 Å². The summed E-state index contributed by atoms with van der Waals surface area (Å²) in [5.74, 6) is 1.55. The second-order valence-electron chi connectivity index (χ2n) is 8.26. The minimum absolute atomic E-state index is 0.147. The SMILES string of the molecule is CCOc1ccc(NC(=O)c2ccccc2NC(=O)CNC2CCCC(C)C2C)cc1. The van der Waals surface area contributed by atoms with Crippen molar-refractivity contribution in [2.45, 2.75) is 46.1 Å². The molecule has 0 bridgehead atoms. The molecule has 2 aromatic rings. The third kappa shape index (κ3) is 6.31. The van der Waals surface area contributed by atoms with Crippen LogP contribution in [0.5, 0.6) is 5.75 Å². The fourth-order valence-corrected chi connectivity index (χ4v) is 4.08. The van der Waals surface area contributed by atoms with Gasteiger partial charge in [-0.3, -0.25) is 9.59 Å². The van der Waals surface area contributed by atoms with Gasteiger partial charge in [-0.1, -0.05) is 38.8 Å². The van der Waals surface area contributed by atoms with Gasteiger partial charge in [-0.15, -0.1) is 0 Å². The van der Waals surface area contributed by atoms with Crippen molar-refractivity contribution < 1.29 is 14.3 Å². The molecule has 2 aromatic carbocycles. The van der Waals surface area contributed by atoms with Crippen molar-refractivity contribution in [2.75, 3.05) is 23.8 Å². The molecule has 0 aliphatic heterocycles. The van der Waals surface area contributed by atoms with Crippen molar-refractivity contribution in [3.8, 4) is 5.75 Å². The number of anilines is 2. The lowest BCUT2D eigenvalue weighted by atomic mass is 9.78. The smallest absolute Gasteiger partial charge is 0.257 e. The van der Waals surface area contributed by atoms with Crippen LogP contribution in [0.2, 0.25) is 0 Å². The van der Waals surface area contributed by atoms with Crippen LogP contribution >= 0.6 is 0 Å². The highest BCUT2D eigenvalue weighted by Gasteiger charge is 2.27. The lowest BCUT2D eigenvalue weighted by Gasteiger charge is -2.34. The third-order valence-electron chi connectivity index (χ3n) is 6.10. The van der Waals surface area contributed by atoms with Crippen LogP contribution in [-0.2, 0) is 4.79 Å². The summed E-state index contributed by atoms with van der Waals surface area (Å²) in [6.07, 6.45) is 3.54. The molecule has 0 saturated heterocycles. The van der Waals surface area contributed by atoms with Gasteiger partial charge in [-0.2, -0.15) is 0 Å². The normalized spacial score (nSPS) is 20.7. The zero-order chi connectivity index (χ0) is 22.2. The zero-order valence-corrected chi connectivity index (χ0v) is 18.6. The predicted molar refractivity (Wildman–Crippen MR) is 125 cm³/mol. The Bertz CT molecular complexity index is 882. The molecule has 0 spiro atoms. The number of rotatable bonds is 8. The Hall–Kier alpha value is -2.86. The van der Waals surface area contributed by atoms with E-state index in [1.165, 1.54) is 12.8 Å². The molecular formula is C25H33N3O3. The number of carbonyl (C=O) groups excluding carboxylic acids is 2. The lowest BCUT2D eigenvalue weighted by molar-refractivity contribution is -0.115. The molecule has 0 radical (unpaired) electrons. The molecule has 3 rings (SSSR count). The molecule has 3 N–H and O–H groups in total. The predicted octanol–water partition coefficient (Wildman–Crippen LogP) is 4.69. The summed E-state index contributed by atoms with van der Waals surface area (Å²) in [7, 11) is 0. The van der Waals surface area contributed by atoms with Gasteiger partial charge in [0.15, 0.2) is 0 Å². The van der Waals surface area contributed by atoms with Gasteiger partial charge in [-0.05, 0) is 61.6 Å². The van der Waals surface area contributed by atoms with Gasteiger partial charge in [0, 0.05) is 11.7 Å². The third-order valence-corrected chi connectivity index (χ3v) is 6.10. The van der Waals surface area contributed by atoms with E-state index in [0.717, 1.165) is 12.2 Å². The first-order valence-electron chi connectivity index (χ1n) is 11.1. The molecule has 31 heavy (non-hydrogen) atoms. The quantitative estimate of drug-likeness (QED) is 0.575. The number of para-hydroxylation sites is 1. The average Bonchev–Trinajstić information content (AvgIpc) is 2.76. The van der Waals surface area contributed by atoms with E-state index in [-0.39, 0.29) is 18.4 Å². The first kappa shape index (κ1) is 22.8. The van der Waals surface area contributed by atoms with E-state index in [0.29, 0.717) is 41.4 Å². The Morgan fingerprint density at radius 2 is 1.74 bits per heavy atom. The molecule has 1 aliphatic carbocycles. The van der Waals surface area contributed by atoms with Crippen LogP contribution in [0.4, 0.5) is 11.4 Å². The molecule has 0 aromatic heterocycles. The van der Waals surface area contributed by atoms with Crippen LogP contribution in [-0.4, -0.2) is 31.0 Å². The fourth-order valence-electron chi connectivity index (χ4n) is 4.08. The number of ether oxygens (including phenoxy) is 1. The monoisotopic (exact) mass is 423 g/mol. The summed E-state index contributed by atoms with van der Waals surface area (Å²) in [5, 5.41) is 9.16. The molecule has 1 fully saturated rings. The van der Waals surface area contributed by atoms with E-state index in [1.807, 2.05) is 25.1 Å². The number of hydrogen-bond acceptors (Lipinski definition) is 4. The molecular weight excluding hydrogens is 390 g/mol. The van der Waals surface area contributed by atoms with Crippen LogP contribution in [0.1, 0.15) is 50.4 Å². The van der Waals surface area contributed by atoms with E-state index in [4.69, 9.17) is 4.74 Å². The lowest BCUT2D eigenvalue weighted by Crippen LogP contribution is -2.43. The van der Waals surface area contributed by atoms with Gasteiger partial charge in [0.25, 0.3) is 5.91 Å². The number of amides is 2. The fraction of sp³-hybridized carbons (Fsp3) is 0.440. The maximum Gasteiger partial charge on any atom is 0.257 e. The highest BCUT2D eigenvalue weighted by molar-refractivity contribution is 6.10. The van der Waals surface area contributed by atoms with Gasteiger partial charge in [-0.25, -0.2) is 0 Å². The van der Waals surface area contributed by atoms with E-state index >= 15 is 0 Å². The van der Waals surface area contributed by atoms with Crippen molar-refractivity contribution in [3.63, 3.8) is 0 Å². The van der Waals surface area contributed by atoms with Gasteiger partial charge >= 0.3 is 0 Å². The Kier molecular flexibility index (Phi) is 8.06. The number of carbonyl (C=O) groups is 2. The minimum atomic E-state index is -0.275. The zero-order valence-electron chi connectivity index (χ0n) is 18.6. The molecule has 1 saturated carbocycles. The van der Waals surface area contributed by atoms with Crippen LogP contribution < -0.4 is 20.7 Å². The molecule has 3 atom stereocenters. The summed E-state index contributed by atoms with van der Waals surface area (Å²) < 4.78 is 5.43. The molecule has 6 heteroatoms. The number of benzene rings is 2. The molecule has 166 valence electrons. The summed E-state index contributed by atoms with van der Waals surface area (Å²) in [6, 6.07) is 14.6. The van der Waals surface area contributed by atoms with Crippen LogP contribution in [0.3, 0.4) is 0 Å². The second-order valence-corrected chi connectivity index (χ2v) is 8.26. The maximum absolute atomic E-state index is 12.8. The van der Waals surface area contributed by atoms with Crippen LogP contribution in [0.15, 0.2) is 48.5 Å². The van der Waals surface area contributed by atoms with E-state index in [9.17, 15) is 9.59 Å². The standard InChI is InChI=1S/C25H33N3O3/c1-4-31-20-14-12-19(13-15-20)27-25(30)21-9-5-6-10-23(21)28-24(29)16-26-22-11-7-8-17(2)18(22)3/h5-6,9-10,12-15,17-18,22,26H,4,7-8,11,16H2,1-3H3,(H,27,30)(H,28,29). The van der Waals surface area contributed by atoms with E-state index in [1.54, 1.807) is 30.3 Å².